The molecule has 3 heterocycles. The van der Waals surface area contributed by atoms with Crippen molar-refractivity contribution in [3.8, 4) is 23.0 Å². The van der Waals surface area contributed by atoms with E-state index >= 15 is 0 Å². The van der Waals surface area contributed by atoms with Crippen molar-refractivity contribution in [3.63, 3.8) is 0 Å². The first-order chi connectivity index (χ1) is 16.9. The summed E-state index contributed by atoms with van der Waals surface area (Å²) in [5, 5.41) is 13.3. The molecule has 3 aromatic rings. The zero-order chi connectivity index (χ0) is 24.7. The Balaban J connectivity index is 1.70. The smallest absolute Gasteiger partial charge is 0.295 e. The van der Waals surface area contributed by atoms with Gasteiger partial charge >= 0.3 is 0 Å². The lowest BCUT2D eigenvalue weighted by atomic mass is 9.94. The van der Waals surface area contributed by atoms with E-state index < -0.39 is 17.7 Å². The highest BCUT2D eigenvalue weighted by molar-refractivity contribution is 7.09. The third-order valence-electron chi connectivity index (χ3n) is 6.12. The minimum Gasteiger partial charge on any atom is -0.507 e. The molecule has 1 saturated heterocycles. The molecule has 0 spiro atoms. The van der Waals surface area contributed by atoms with Crippen LogP contribution in [-0.2, 0) is 16.1 Å². The number of ketones is 1. The second-order valence-electron chi connectivity index (χ2n) is 8.15. The van der Waals surface area contributed by atoms with Crippen LogP contribution in [0.5, 0.6) is 23.0 Å². The van der Waals surface area contributed by atoms with Crippen molar-refractivity contribution >= 4 is 28.8 Å². The molecule has 1 atom stereocenters. The number of carbonyl (C=O) groups is 2. The standard InChI is InChI=1S/C26H23NO7S/c1-14-6-7-15(9-18(14)31-2)23(28)21-22(16-10-19(32-3)25-20(11-16)33-13-34-25)27(26(30)24(21)29)12-17-5-4-8-35-17/h4-11,22,28H,12-13H2,1-3H3/b23-21+. The third-order valence-corrected chi connectivity index (χ3v) is 6.99. The minimum absolute atomic E-state index is 0.0154. The van der Waals surface area contributed by atoms with Gasteiger partial charge in [0, 0.05) is 10.4 Å². The maximum atomic E-state index is 13.3. The van der Waals surface area contributed by atoms with Crippen LogP contribution in [0.2, 0.25) is 0 Å². The summed E-state index contributed by atoms with van der Waals surface area (Å²) in [5.74, 6) is 0.127. The van der Waals surface area contributed by atoms with Crippen molar-refractivity contribution in [3.05, 3.63) is 75.0 Å². The summed E-state index contributed by atoms with van der Waals surface area (Å²) in [6.45, 7) is 2.12. The van der Waals surface area contributed by atoms with Gasteiger partial charge in [0.1, 0.15) is 11.5 Å². The van der Waals surface area contributed by atoms with Gasteiger partial charge in [0.05, 0.1) is 32.4 Å². The lowest BCUT2D eigenvalue weighted by Gasteiger charge is -2.25. The van der Waals surface area contributed by atoms with Gasteiger partial charge < -0.3 is 29.0 Å². The summed E-state index contributed by atoms with van der Waals surface area (Å²) in [7, 11) is 3.03. The number of amides is 1. The number of aliphatic hydroxyl groups excluding tert-OH is 1. The van der Waals surface area contributed by atoms with Crippen LogP contribution in [-0.4, -0.2) is 42.7 Å². The van der Waals surface area contributed by atoms with E-state index in [1.54, 1.807) is 30.3 Å². The van der Waals surface area contributed by atoms with Crippen molar-refractivity contribution in [2.24, 2.45) is 0 Å². The fourth-order valence-electron chi connectivity index (χ4n) is 4.39. The molecule has 0 bridgehead atoms. The normalized spacial score (nSPS) is 18.3. The Morgan fingerprint density at radius 1 is 1.11 bits per heavy atom. The molecule has 8 nitrogen and oxygen atoms in total. The van der Waals surface area contributed by atoms with Crippen LogP contribution in [0.3, 0.4) is 0 Å². The number of likely N-dealkylation sites (tertiary alicyclic amines) is 1. The summed E-state index contributed by atoms with van der Waals surface area (Å²) < 4.78 is 22.0. The number of ether oxygens (including phenoxy) is 4. The molecule has 2 aliphatic heterocycles. The number of methoxy groups -OCH3 is 2. The van der Waals surface area contributed by atoms with Crippen LogP contribution >= 0.6 is 11.3 Å². The molecule has 0 saturated carbocycles. The molecular formula is C26H23NO7S. The molecular weight excluding hydrogens is 470 g/mol. The molecule has 2 aliphatic rings. The zero-order valence-electron chi connectivity index (χ0n) is 19.4. The Bertz CT molecular complexity index is 1350. The average Bonchev–Trinajstić information content (AvgIpc) is 3.60. The number of fused-ring (bicyclic) bond motifs is 1. The summed E-state index contributed by atoms with van der Waals surface area (Å²) in [5.41, 5.74) is 1.79. The van der Waals surface area contributed by atoms with Crippen LogP contribution in [0, 0.1) is 6.92 Å². The van der Waals surface area contributed by atoms with Gasteiger partial charge in [-0.3, -0.25) is 9.59 Å². The molecule has 180 valence electrons. The highest BCUT2D eigenvalue weighted by atomic mass is 32.1. The second-order valence-corrected chi connectivity index (χ2v) is 9.18. The van der Waals surface area contributed by atoms with Crippen molar-refractivity contribution in [1.29, 1.82) is 0 Å². The van der Waals surface area contributed by atoms with E-state index in [0.717, 1.165) is 10.4 Å². The van der Waals surface area contributed by atoms with Crippen molar-refractivity contribution in [1.82, 2.24) is 4.90 Å². The number of rotatable bonds is 6. The quantitative estimate of drug-likeness (QED) is 0.309. The fourth-order valence-corrected chi connectivity index (χ4v) is 5.09. The molecule has 1 N–H and O–H groups in total. The van der Waals surface area contributed by atoms with Gasteiger partial charge in [0.15, 0.2) is 11.5 Å². The minimum atomic E-state index is -0.868. The first kappa shape index (κ1) is 22.8. The molecule has 1 fully saturated rings. The largest absolute Gasteiger partial charge is 0.507 e. The SMILES string of the molecule is COc1cc(/C(O)=C2\C(=O)C(=O)N(Cc3cccs3)C2c2cc(OC)c3c(c2)OCO3)ccc1C. The average molecular weight is 494 g/mol. The van der Waals surface area contributed by atoms with Crippen LogP contribution in [0.1, 0.15) is 27.6 Å². The maximum absolute atomic E-state index is 13.3. The van der Waals surface area contributed by atoms with E-state index in [1.165, 1.54) is 30.5 Å². The summed E-state index contributed by atoms with van der Waals surface area (Å²) in [6.07, 6.45) is 0. The van der Waals surface area contributed by atoms with E-state index in [0.29, 0.717) is 34.1 Å². The number of benzene rings is 2. The molecule has 0 aliphatic carbocycles. The predicted octanol–water partition coefficient (Wildman–Crippen LogP) is 4.42. The summed E-state index contributed by atoms with van der Waals surface area (Å²) >= 11 is 1.48. The number of hydrogen-bond acceptors (Lipinski definition) is 8. The third kappa shape index (κ3) is 3.87. The van der Waals surface area contributed by atoms with Crippen molar-refractivity contribution < 1.29 is 33.6 Å². The first-order valence-corrected chi connectivity index (χ1v) is 11.7. The van der Waals surface area contributed by atoms with Gasteiger partial charge in [-0.15, -0.1) is 11.3 Å². The van der Waals surface area contributed by atoms with Gasteiger partial charge in [0.25, 0.3) is 11.7 Å². The zero-order valence-corrected chi connectivity index (χ0v) is 20.2. The summed E-state index contributed by atoms with van der Waals surface area (Å²) in [4.78, 5) is 28.9. The lowest BCUT2D eigenvalue weighted by Crippen LogP contribution is -2.28. The molecule has 0 radical (unpaired) electrons. The maximum Gasteiger partial charge on any atom is 0.295 e. The number of aliphatic hydroxyl groups is 1. The number of hydrogen-bond donors (Lipinski definition) is 1. The Hall–Kier alpha value is -3.98. The molecule has 35 heavy (non-hydrogen) atoms. The lowest BCUT2D eigenvalue weighted by molar-refractivity contribution is -0.140. The molecule has 1 amide bonds. The van der Waals surface area contributed by atoms with E-state index in [2.05, 4.69) is 0 Å². The molecule has 2 aromatic carbocycles. The topological polar surface area (TPSA) is 94.5 Å². The van der Waals surface area contributed by atoms with Gasteiger partial charge in [-0.25, -0.2) is 0 Å². The van der Waals surface area contributed by atoms with Gasteiger partial charge in [-0.2, -0.15) is 0 Å². The van der Waals surface area contributed by atoms with E-state index in [9.17, 15) is 14.7 Å². The number of aryl methyl sites for hydroxylation is 1. The molecule has 1 unspecified atom stereocenters. The van der Waals surface area contributed by atoms with Crippen LogP contribution in [0.25, 0.3) is 5.76 Å². The van der Waals surface area contributed by atoms with E-state index in [-0.39, 0.29) is 24.7 Å². The number of carbonyl (C=O) groups excluding carboxylic acids is 2. The predicted molar refractivity (Wildman–Crippen MR) is 129 cm³/mol. The fraction of sp³-hybridized carbons (Fsp3) is 0.231. The van der Waals surface area contributed by atoms with Crippen LogP contribution in [0.15, 0.2) is 53.4 Å². The Labute approximate surface area is 205 Å². The highest BCUT2D eigenvalue weighted by Gasteiger charge is 2.47. The summed E-state index contributed by atoms with van der Waals surface area (Å²) in [6, 6.07) is 11.5. The van der Waals surface area contributed by atoms with Gasteiger partial charge in [-0.1, -0.05) is 18.2 Å². The van der Waals surface area contributed by atoms with E-state index in [1.807, 2.05) is 24.4 Å². The molecule has 5 rings (SSSR count). The van der Waals surface area contributed by atoms with Crippen molar-refractivity contribution in [2.45, 2.75) is 19.5 Å². The number of thiophene rings is 1. The highest BCUT2D eigenvalue weighted by Crippen LogP contribution is 2.48. The van der Waals surface area contributed by atoms with Crippen molar-refractivity contribution in [2.75, 3.05) is 21.0 Å². The number of nitrogens with zero attached hydrogens (tertiary/aromatic N) is 1. The Morgan fingerprint density at radius 3 is 2.63 bits per heavy atom. The van der Waals surface area contributed by atoms with Crippen LogP contribution in [0.4, 0.5) is 0 Å². The second kappa shape index (κ2) is 8.99. The number of Topliss-reactive ketones (excluding diaryl/α,β-unsaturated/α-hetero) is 1. The monoisotopic (exact) mass is 493 g/mol. The molecule has 9 heteroatoms. The Kier molecular flexibility index (Phi) is 5.86. The van der Waals surface area contributed by atoms with Gasteiger partial charge in [-0.05, 0) is 47.7 Å². The van der Waals surface area contributed by atoms with Crippen LogP contribution < -0.4 is 18.9 Å². The first-order valence-electron chi connectivity index (χ1n) is 10.9. The Morgan fingerprint density at radius 2 is 1.91 bits per heavy atom. The van der Waals surface area contributed by atoms with E-state index in [4.69, 9.17) is 18.9 Å². The molecule has 1 aromatic heterocycles. The van der Waals surface area contributed by atoms with Gasteiger partial charge in [0.2, 0.25) is 12.5 Å².